The average molecular weight is 357 g/mol. The Balaban J connectivity index is 1.81. The van der Waals surface area contributed by atoms with Crippen molar-refractivity contribution in [1.29, 1.82) is 0 Å². The van der Waals surface area contributed by atoms with Gasteiger partial charge < -0.3 is 4.74 Å². The molecule has 2 aromatic carbocycles. The van der Waals surface area contributed by atoms with Crippen LogP contribution in [0.25, 0.3) is 11.1 Å². The van der Waals surface area contributed by atoms with E-state index in [1.165, 1.54) is 6.07 Å². The molecule has 0 aliphatic carbocycles. The van der Waals surface area contributed by atoms with Gasteiger partial charge in [0.15, 0.2) is 6.29 Å². The highest BCUT2D eigenvalue weighted by Crippen LogP contribution is 2.31. The van der Waals surface area contributed by atoms with E-state index >= 15 is 0 Å². The second-order valence-electron chi connectivity index (χ2n) is 5.57. The topological polar surface area (TPSA) is 39.2 Å². The Morgan fingerprint density at radius 3 is 2.38 bits per heavy atom. The number of alkyl halides is 3. The summed E-state index contributed by atoms with van der Waals surface area (Å²) in [4.78, 5) is 14.8. The molecule has 3 nitrogen and oxygen atoms in total. The summed E-state index contributed by atoms with van der Waals surface area (Å²) in [7, 11) is 0. The molecule has 0 spiro atoms. The summed E-state index contributed by atoms with van der Waals surface area (Å²) in [5, 5.41) is 0. The Labute approximate surface area is 148 Å². The molecule has 0 atom stereocenters. The van der Waals surface area contributed by atoms with Gasteiger partial charge in [0, 0.05) is 17.3 Å². The van der Waals surface area contributed by atoms with E-state index in [4.69, 9.17) is 4.74 Å². The largest absolute Gasteiger partial charge is 0.489 e. The number of hydrogen-bond donors (Lipinski definition) is 0. The van der Waals surface area contributed by atoms with Crippen molar-refractivity contribution < 1.29 is 22.7 Å². The van der Waals surface area contributed by atoms with E-state index in [2.05, 4.69) is 4.98 Å². The standard InChI is InChI=1S/C20H14F3NO2/c21-20(22,23)19-9-6-15(11-24-19)18-8-7-17(10-16(18)12-25)26-13-14-4-2-1-3-5-14/h1-12H,13H2. The highest BCUT2D eigenvalue weighted by atomic mass is 19.4. The molecular weight excluding hydrogens is 343 g/mol. The number of nitrogens with zero attached hydrogens (tertiary/aromatic N) is 1. The van der Waals surface area contributed by atoms with Crippen molar-refractivity contribution in [2.24, 2.45) is 0 Å². The summed E-state index contributed by atoms with van der Waals surface area (Å²) in [5.74, 6) is 0.500. The normalized spacial score (nSPS) is 11.2. The van der Waals surface area contributed by atoms with Crippen LogP contribution in [0.1, 0.15) is 21.6 Å². The van der Waals surface area contributed by atoms with Crippen LogP contribution in [0, 0.1) is 0 Å². The Morgan fingerprint density at radius 1 is 1.00 bits per heavy atom. The third-order valence-electron chi connectivity index (χ3n) is 3.76. The van der Waals surface area contributed by atoms with Gasteiger partial charge >= 0.3 is 6.18 Å². The number of carbonyl (C=O) groups excluding carboxylic acids is 1. The number of hydrogen-bond acceptors (Lipinski definition) is 3. The van der Waals surface area contributed by atoms with E-state index in [1.807, 2.05) is 30.3 Å². The van der Waals surface area contributed by atoms with Gasteiger partial charge in [-0.05, 0) is 35.4 Å². The number of benzene rings is 2. The van der Waals surface area contributed by atoms with E-state index in [1.54, 1.807) is 18.2 Å². The number of ether oxygens (including phenoxy) is 1. The van der Waals surface area contributed by atoms with Gasteiger partial charge in [-0.2, -0.15) is 13.2 Å². The summed E-state index contributed by atoms with van der Waals surface area (Å²) < 4.78 is 43.5. The highest BCUT2D eigenvalue weighted by molar-refractivity contribution is 5.88. The lowest BCUT2D eigenvalue weighted by molar-refractivity contribution is -0.141. The first-order chi connectivity index (χ1) is 12.5. The predicted octanol–water partition coefficient (Wildman–Crippen LogP) is 5.16. The van der Waals surface area contributed by atoms with E-state index < -0.39 is 11.9 Å². The van der Waals surface area contributed by atoms with Crippen LogP contribution < -0.4 is 4.74 Å². The lowest BCUT2D eigenvalue weighted by Crippen LogP contribution is -2.07. The second-order valence-corrected chi connectivity index (χ2v) is 5.57. The molecule has 6 heteroatoms. The molecule has 0 unspecified atom stereocenters. The zero-order valence-electron chi connectivity index (χ0n) is 13.5. The molecule has 132 valence electrons. The number of pyridine rings is 1. The van der Waals surface area contributed by atoms with Crippen molar-refractivity contribution in [2.45, 2.75) is 12.8 Å². The minimum atomic E-state index is -4.50. The van der Waals surface area contributed by atoms with E-state index in [9.17, 15) is 18.0 Å². The lowest BCUT2D eigenvalue weighted by Gasteiger charge is -2.11. The highest BCUT2D eigenvalue weighted by Gasteiger charge is 2.32. The molecule has 0 fully saturated rings. The Kier molecular flexibility index (Phi) is 5.02. The lowest BCUT2D eigenvalue weighted by atomic mass is 10.0. The van der Waals surface area contributed by atoms with Crippen LogP contribution in [-0.4, -0.2) is 11.3 Å². The van der Waals surface area contributed by atoms with Crippen LogP contribution in [0.15, 0.2) is 66.9 Å². The molecule has 0 aliphatic rings. The molecule has 3 rings (SSSR count). The summed E-state index contributed by atoms with van der Waals surface area (Å²) in [6.45, 7) is 0.348. The number of halogens is 3. The van der Waals surface area contributed by atoms with Crippen molar-refractivity contribution in [2.75, 3.05) is 0 Å². The third kappa shape index (κ3) is 4.08. The summed E-state index contributed by atoms with van der Waals surface area (Å²) in [6.07, 6.45) is -2.75. The van der Waals surface area contributed by atoms with E-state index in [0.29, 0.717) is 35.3 Å². The molecular formula is C20H14F3NO2. The number of aromatic nitrogens is 1. The first kappa shape index (κ1) is 17.7. The number of aldehydes is 1. The Hall–Kier alpha value is -3.15. The molecule has 1 heterocycles. The van der Waals surface area contributed by atoms with E-state index in [0.717, 1.165) is 17.8 Å². The predicted molar refractivity (Wildman–Crippen MR) is 90.8 cm³/mol. The quantitative estimate of drug-likeness (QED) is 0.592. The molecule has 3 aromatic rings. The van der Waals surface area contributed by atoms with Crippen molar-refractivity contribution in [3.05, 3.63) is 83.7 Å². The molecule has 0 saturated carbocycles. The Bertz CT molecular complexity index is 891. The molecule has 0 aliphatic heterocycles. The van der Waals surface area contributed by atoms with E-state index in [-0.39, 0.29) is 0 Å². The average Bonchev–Trinajstić information content (AvgIpc) is 2.66. The molecule has 0 bridgehead atoms. The maximum absolute atomic E-state index is 12.6. The smallest absolute Gasteiger partial charge is 0.433 e. The first-order valence-corrected chi connectivity index (χ1v) is 7.77. The summed E-state index contributed by atoms with van der Waals surface area (Å²) in [6, 6.07) is 16.6. The minimum Gasteiger partial charge on any atom is -0.489 e. The van der Waals surface area contributed by atoms with Crippen LogP contribution >= 0.6 is 0 Å². The monoisotopic (exact) mass is 357 g/mol. The second kappa shape index (κ2) is 7.39. The van der Waals surface area contributed by atoms with Crippen molar-refractivity contribution in [3.8, 4) is 16.9 Å². The van der Waals surface area contributed by atoms with Crippen LogP contribution in [0.5, 0.6) is 5.75 Å². The van der Waals surface area contributed by atoms with Gasteiger partial charge in [0.2, 0.25) is 0 Å². The van der Waals surface area contributed by atoms with Gasteiger partial charge in [-0.15, -0.1) is 0 Å². The van der Waals surface area contributed by atoms with Crippen molar-refractivity contribution in [3.63, 3.8) is 0 Å². The fourth-order valence-corrected chi connectivity index (χ4v) is 2.45. The van der Waals surface area contributed by atoms with Gasteiger partial charge in [-0.1, -0.05) is 36.4 Å². The van der Waals surface area contributed by atoms with Crippen LogP contribution in [-0.2, 0) is 12.8 Å². The maximum atomic E-state index is 12.6. The summed E-state index contributed by atoms with van der Waals surface area (Å²) >= 11 is 0. The fraction of sp³-hybridized carbons (Fsp3) is 0.100. The third-order valence-corrected chi connectivity index (χ3v) is 3.76. The minimum absolute atomic E-state index is 0.317. The van der Waals surface area contributed by atoms with Crippen molar-refractivity contribution in [1.82, 2.24) is 4.98 Å². The maximum Gasteiger partial charge on any atom is 0.433 e. The van der Waals surface area contributed by atoms with Gasteiger partial charge in [-0.3, -0.25) is 9.78 Å². The van der Waals surface area contributed by atoms with Crippen LogP contribution in [0.3, 0.4) is 0 Å². The van der Waals surface area contributed by atoms with Crippen LogP contribution in [0.4, 0.5) is 13.2 Å². The zero-order valence-corrected chi connectivity index (χ0v) is 13.5. The summed E-state index contributed by atoms with van der Waals surface area (Å²) in [5.41, 5.74) is 1.24. The molecule has 0 radical (unpaired) electrons. The number of carbonyl (C=O) groups is 1. The molecule has 26 heavy (non-hydrogen) atoms. The number of rotatable bonds is 5. The molecule has 1 aromatic heterocycles. The van der Waals surface area contributed by atoms with Crippen LogP contribution in [0.2, 0.25) is 0 Å². The fourth-order valence-electron chi connectivity index (χ4n) is 2.45. The molecule has 0 saturated heterocycles. The van der Waals surface area contributed by atoms with Gasteiger partial charge in [0.1, 0.15) is 18.1 Å². The molecule has 0 N–H and O–H groups in total. The van der Waals surface area contributed by atoms with Gasteiger partial charge in [0.05, 0.1) is 0 Å². The first-order valence-electron chi connectivity index (χ1n) is 7.77. The molecule has 0 amide bonds. The van der Waals surface area contributed by atoms with Gasteiger partial charge in [0.25, 0.3) is 0 Å². The SMILES string of the molecule is O=Cc1cc(OCc2ccccc2)ccc1-c1ccc(C(F)(F)F)nc1. The zero-order chi connectivity index (χ0) is 18.6. The van der Waals surface area contributed by atoms with Gasteiger partial charge in [-0.25, -0.2) is 0 Å². The Morgan fingerprint density at radius 2 is 1.77 bits per heavy atom. The van der Waals surface area contributed by atoms with Crippen molar-refractivity contribution >= 4 is 6.29 Å².